The number of likely N-dealkylation sites (N-methyl/N-ethyl adjacent to an activating group) is 1. The number of unbranched alkanes of at least 4 members (excludes halogenated alkanes) is 5. The Balaban J connectivity index is 2.32. The normalized spacial score (nSPS) is 22.2. The number of aliphatic carboxylic acids is 1. The van der Waals surface area contributed by atoms with Crippen LogP contribution in [0.2, 0.25) is 0 Å². The van der Waals surface area contributed by atoms with Gasteiger partial charge in [0.1, 0.15) is 12.3 Å². The van der Waals surface area contributed by atoms with E-state index in [4.69, 9.17) is 9.84 Å². The molecular weight excluding hydrogens is 450 g/mol. The first-order valence-corrected chi connectivity index (χ1v) is 13.5. The highest BCUT2D eigenvalue weighted by Gasteiger charge is 2.40. The molecule has 0 radical (unpaired) electrons. The van der Waals surface area contributed by atoms with Crippen molar-refractivity contribution in [3.63, 3.8) is 0 Å². The molecule has 1 aliphatic rings. The second kappa shape index (κ2) is 16.3. The average Bonchev–Trinajstić information content (AvgIpc) is 2.99. The van der Waals surface area contributed by atoms with Crippen molar-refractivity contribution in [2.24, 2.45) is 11.8 Å². The van der Waals surface area contributed by atoms with Crippen molar-refractivity contribution in [1.29, 1.82) is 0 Å². The predicted molar refractivity (Wildman–Crippen MR) is 135 cm³/mol. The zero-order valence-corrected chi connectivity index (χ0v) is 22.4. The number of esters is 1. The molecule has 0 spiro atoms. The summed E-state index contributed by atoms with van der Waals surface area (Å²) < 4.78 is 5.93. The third kappa shape index (κ3) is 14.0. The minimum atomic E-state index is -0.980. The molecule has 0 bridgehead atoms. The number of aliphatic hydroxyl groups is 2. The van der Waals surface area contributed by atoms with Gasteiger partial charge < -0.3 is 24.5 Å². The van der Waals surface area contributed by atoms with Crippen molar-refractivity contribution in [3.8, 4) is 0 Å². The second-order valence-electron chi connectivity index (χ2n) is 11.4. The van der Waals surface area contributed by atoms with Gasteiger partial charge in [0.05, 0.1) is 39.8 Å². The highest BCUT2D eigenvalue weighted by molar-refractivity contribution is 5.84. The Bertz CT molecular complexity index is 646. The van der Waals surface area contributed by atoms with Crippen LogP contribution in [0.5, 0.6) is 0 Å². The maximum absolute atomic E-state index is 12.4. The van der Waals surface area contributed by atoms with E-state index in [1.165, 1.54) is 0 Å². The van der Waals surface area contributed by atoms with E-state index in [2.05, 4.69) is 6.92 Å². The zero-order valence-electron chi connectivity index (χ0n) is 22.4. The molecule has 8 nitrogen and oxygen atoms in total. The number of hydrogen-bond acceptors (Lipinski definition) is 6. The summed E-state index contributed by atoms with van der Waals surface area (Å²) in [6.07, 6.45) is 8.00. The maximum Gasteiger partial charge on any atom is 0.307 e. The molecule has 0 heterocycles. The fraction of sp³-hybridized carbons (Fsp3) is 0.889. The molecule has 204 valence electrons. The largest absolute Gasteiger partial charge is 0.481 e. The predicted octanol–water partition coefficient (Wildman–Crippen LogP) is 3.71. The van der Waals surface area contributed by atoms with Crippen molar-refractivity contribution in [2.45, 2.75) is 115 Å². The lowest BCUT2D eigenvalue weighted by Crippen LogP contribution is -2.43. The van der Waals surface area contributed by atoms with E-state index in [9.17, 15) is 24.6 Å². The summed E-state index contributed by atoms with van der Waals surface area (Å²) in [4.78, 5) is 35.7. The van der Waals surface area contributed by atoms with E-state index >= 15 is 0 Å². The van der Waals surface area contributed by atoms with E-state index in [0.717, 1.165) is 51.4 Å². The Morgan fingerprint density at radius 2 is 1.71 bits per heavy atom. The van der Waals surface area contributed by atoms with E-state index in [1.807, 2.05) is 21.1 Å². The molecule has 5 atom stereocenters. The number of aliphatic hydroxyl groups excluding tert-OH is 2. The van der Waals surface area contributed by atoms with Crippen LogP contribution in [0, 0.1) is 11.8 Å². The molecule has 1 saturated carbocycles. The summed E-state index contributed by atoms with van der Waals surface area (Å²) in [5.41, 5.74) is 0. The molecule has 5 unspecified atom stereocenters. The number of quaternary nitrogens is 1. The van der Waals surface area contributed by atoms with E-state index < -0.39 is 18.2 Å². The first-order valence-electron chi connectivity index (χ1n) is 13.5. The Morgan fingerprint density at radius 3 is 2.34 bits per heavy atom. The minimum absolute atomic E-state index is 0.0642. The monoisotopic (exact) mass is 500 g/mol. The fourth-order valence-corrected chi connectivity index (χ4v) is 5.12. The fourth-order valence-electron chi connectivity index (χ4n) is 5.12. The third-order valence-electron chi connectivity index (χ3n) is 6.91. The molecule has 0 aromatic rings. The molecular formula is C27H50NO7+. The Labute approximate surface area is 211 Å². The molecule has 1 fully saturated rings. The van der Waals surface area contributed by atoms with Gasteiger partial charge in [-0.3, -0.25) is 14.4 Å². The Morgan fingerprint density at radius 1 is 1.03 bits per heavy atom. The van der Waals surface area contributed by atoms with Crippen molar-refractivity contribution < 1.29 is 38.9 Å². The topological polar surface area (TPSA) is 121 Å². The highest BCUT2D eigenvalue weighted by atomic mass is 16.5. The molecule has 8 heteroatoms. The highest BCUT2D eigenvalue weighted by Crippen LogP contribution is 2.36. The summed E-state index contributed by atoms with van der Waals surface area (Å²) in [6, 6.07) is 0. The molecule has 0 aliphatic heterocycles. The van der Waals surface area contributed by atoms with Crippen molar-refractivity contribution in [2.75, 3.05) is 27.7 Å². The van der Waals surface area contributed by atoms with Crippen LogP contribution in [0.15, 0.2) is 0 Å². The van der Waals surface area contributed by atoms with Gasteiger partial charge in [-0.2, -0.15) is 0 Å². The first-order chi connectivity index (χ1) is 16.4. The smallest absolute Gasteiger partial charge is 0.307 e. The number of Topliss-reactive ketones (excluding diaryl/α,β-unsaturated/α-hetero) is 1. The van der Waals surface area contributed by atoms with Crippen LogP contribution in [0.25, 0.3) is 0 Å². The lowest BCUT2D eigenvalue weighted by molar-refractivity contribution is -0.873. The number of carbonyl (C=O) groups excluding carboxylic acids is 2. The van der Waals surface area contributed by atoms with Gasteiger partial charge in [0.25, 0.3) is 0 Å². The van der Waals surface area contributed by atoms with E-state index in [0.29, 0.717) is 30.3 Å². The van der Waals surface area contributed by atoms with Gasteiger partial charge >= 0.3 is 11.9 Å². The molecule has 0 aromatic carbocycles. The van der Waals surface area contributed by atoms with Gasteiger partial charge in [0.2, 0.25) is 0 Å². The van der Waals surface area contributed by atoms with Gasteiger partial charge in [-0.25, -0.2) is 0 Å². The van der Waals surface area contributed by atoms with Gasteiger partial charge in [0, 0.05) is 18.8 Å². The molecule has 35 heavy (non-hydrogen) atoms. The summed E-state index contributed by atoms with van der Waals surface area (Å²) >= 11 is 0. The Kier molecular flexibility index (Phi) is 14.7. The van der Waals surface area contributed by atoms with Crippen LogP contribution in [-0.4, -0.2) is 83.5 Å². The number of hydrogen-bond donors (Lipinski definition) is 3. The van der Waals surface area contributed by atoms with Crippen molar-refractivity contribution >= 4 is 17.7 Å². The maximum atomic E-state index is 12.4. The SMILES string of the molecule is CCCCCC(O)CCC1C(O)CC(=O)C1CCCCCCC(=O)OC(CC(=O)O)C[N+](C)(C)C. The number of carbonyl (C=O) groups is 3. The lowest BCUT2D eigenvalue weighted by atomic mass is 9.85. The zero-order chi connectivity index (χ0) is 26.4. The second-order valence-corrected chi connectivity index (χ2v) is 11.4. The van der Waals surface area contributed by atoms with Crippen LogP contribution >= 0.6 is 0 Å². The molecule has 1 aliphatic carbocycles. The average molecular weight is 501 g/mol. The van der Waals surface area contributed by atoms with Crippen LogP contribution in [0.1, 0.15) is 96.8 Å². The molecule has 0 aromatic heterocycles. The molecule has 1 rings (SSSR count). The molecule has 0 saturated heterocycles. The molecule has 3 N–H and O–H groups in total. The van der Waals surface area contributed by atoms with Crippen LogP contribution in [-0.2, 0) is 19.1 Å². The van der Waals surface area contributed by atoms with Crippen LogP contribution < -0.4 is 0 Å². The minimum Gasteiger partial charge on any atom is -0.481 e. The molecule has 0 amide bonds. The van der Waals surface area contributed by atoms with Gasteiger partial charge in [-0.05, 0) is 38.0 Å². The number of rotatable bonds is 19. The summed E-state index contributed by atoms with van der Waals surface area (Å²) in [5.74, 6) is -1.41. The summed E-state index contributed by atoms with van der Waals surface area (Å²) in [7, 11) is 5.78. The van der Waals surface area contributed by atoms with Crippen LogP contribution in [0.4, 0.5) is 0 Å². The van der Waals surface area contributed by atoms with Gasteiger partial charge in [-0.15, -0.1) is 0 Å². The number of nitrogens with zero attached hydrogens (tertiary/aromatic N) is 1. The number of ether oxygens (including phenoxy) is 1. The third-order valence-corrected chi connectivity index (χ3v) is 6.91. The number of carboxylic acid groups (broad SMARTS) is 1. The summed E-state index contributed by atoms with van der Waals surface area (Å²) in [6.45, 7) is 2.57. The van der Waals surface area contributed by atoms with Crippen LogP contribution in [0.3, 0.4) is 0 Å². The van der Waals surface area contributed by atoms with Gasteiger partial charge in [-0.1, -0.05) is 45.4 Å². The lowest BCUT2D eigenvalue weighted by Gasteiger charge is -2.28. The Hall–Kier alpha value is -1.51. The van der Waals surface area contributed by atoms with E-state index in [1.54, 1.807) is 0 Å². The number of carboxylic acids is 1. The van der Waals surface area contributed by atoms with Gasteiger partial charge in [0.15, 0.2) is 6.10 Å². The van der Waals surface area contributed by atoms with E-state index in [-0.39, 0.29) is 49.0 Å². The summed E-state index contributed by atoms with van der Waals surface area (Å²) in [5, 5.41) is 29.6. The number of ketones is 1. The van der Waals surface area contributed by atoms with Crippen molar-refractivity contribution in [3.05, 3.63) is 0 Å². The quantitative estimate of drug-likeness (QED) is 0.140. The standard InChI is InChI=1S/C27H49NO7/c1-5-6-9-12-20(29)15-16-23-22(24(30)18-25(23)31)13-10-7-8-11-14-27(34)35-21(17-26(32)33)19-28(2,3)4/h20-23,25,29,31H,5-19H2,1-4H3/p+1. The first kappa shape index (κ1) is 31.5. The van der Waals surface area contributed by atoms with Crippen molar-refractivity contribution in [1.82, 2.24) is 0 Å².